The number of rotatable bonds is 4. The van der Waals surface area contributed by atoms with Gasteiger partial charge < -0.3 is 15.5 Å². The number of hydrogen-bond donors (Lipinski definition) is 3. The Morgan fingerprint density at radius 2 is 2.13 bits per heavy atom. The molecule has 0 radical (unpaired) electrons. The van der Waals surface area contributed by atoms with Crippen LogP contribution in [0.2, 0.25) is 0 Å². The Labute approximate surface area is 129 Å². The van der Waals surface area contributed by atoms with Gasteiger partial charge in [-0.3, -0.25) is 19.0 Å². The number of carbonyl (C=O) groups is 2. The van der Waals surface area contributed by atoms with Crippen LogP contribution in [0.25, 0.3) is 11.0 Å². The van der Waals surface area contributed by atoms with Crippen molar-refractivity contribution in [3.63, 3.8) is 0 Å². The van der Waals surface area contributed by atoms with E-state index >= 15 is 0 Å². The maximum Gasteiger partial charge on any atom is 0.322 e. The van der Waals surface area contributed by atoms with Crippen LogP contribution in [0.15, 0.2) is 11.0 Å². The third kappa shape index (κ3) is 2.60. The van der Waals surface area contributed by atoms with Crippen LogP contribution in [-0.4, -0.2) is 43.2 Å². The molecular formula is C14H14N4O5. The Morgan fingerprint density at radius 1 is 1.43 bits per heavy atom. The second-order valence-electron chi connectivity index (χ2n) is 5.40. The van der Waals surface area contributed by atoms with E-state index in [2.05, 4.69) is 15.3 Å². The molecule has 0 atom stereocenters. The van der Waals surface area contributed by atoms with Crippen LogP contribution in [0.4, 0.5) is 0 Å². The SMILES string of the molecule is Cn1c(=O)c(C(=O)NCC(=O)O)c(O)c2cnc(C3CC3)nc21. The summed E-state index contributed by atoms with van der Waals surface area (Å²) in [6.07, 6.45) is 3.35. The van der Waals surface area contributed by atoms with E-state index in [0.29, 0.717) is 5.82 Å². The topological polar surface area (TPSA) is 134 Å². The molecule has 2 aromatic rings. The van der Waals surface area contributed by atoms with Crippen LogP contribution in [-0.2, 0) is 11.8 Å². The lowest BCUT2D eigenvalue weighted by atomic mass is 10.1. The van der Waals surface area contributed by atoms with Crippen molar-refractivity contribution in [1.29, 1.82) is 0 Å². The van der Waals surface area contributed by atoms with E-state index in [0.717, 1.165) is 17.4 Å². The highest BCUT2D eigenvalue weighted by molar-refractivity contribution is 6.02. The number of carbonyl (C=O) groups excluding carboxylic acids is 1. The van der Waals surface area contributed by atoms with E-state index in [4.69, 9.17) is 5.11 Å². The van der Waals surface area contributed by atoms with E-state index in [1.165, 1.54) is 13.2 Å². The molecule has 1 amide bonds. The molecule has 0 saturated heterocycles. The zero-order valence-corrected chi connectivity index (χ0v) is 12.2. The summed E-state index contributed by atoms with van der Waals surface area (Å²) in [7, 11) is 1.43. The van der Waals surface area contributed by atoms with E-state index in [1.807, 2.05) is 0 Å². The van der Waals surface area contributed by atoms with Crippen LogP contribution in [0.1, 0.15) is 34.9 Å². The monoisotopic (exact) mass is 318 g/mol. The fourth-order valence-corrected chi connectivity index (χ4v) is 2.30. The van der Waals surface area contributed by atoms with Crippen molar-refractivity contribution >= 4 is 22.9 Å². The van der Waals surface area contributed by atoms with Gasteiger partial charge in [0.25, 0.3) is 11.5 Å². The fourth-order valence-electron chi connectivity index (χ4n) is 2.30. The number of hydrogen-bond acceptors (Lipinski definition) is 6. The molecule has 0 aliphatic heterocycles. The molecule has 2 aromatic heterocycles. The zero-order valence-electron chi connectivity index (χ0n) is 12.2. The van der Waals surface area contributed by atoms with Crippen molar-refractivity contribution in [3.8, 4) is 5.75 Å². The average Bonchev–Trinajstić information content (AvgIpc) is 3.35. The van der Waals surface area contributed by atoms with Crippen molar-refractivity contribution < 1.29 is 19.8 Å². The maximum absolute atomic E-state index is 12.3. The number of nitrogens with one attached hydrogen (secondary N) is 1. The summed E-state index contributed by atoms with van der Waals surface area (Å²) < 4.78 is 1.15. The molecule has 3 rings (SSSR count). The largest absolute Gasteiger partial charge is 0.506 e. The normalized spacial score (nSPS) is 14.0. The lowest BCUT2D eigenvalue weighted by Gasteiger charge is -2.11. The fraction of sp³-hybridized carbons (Fsp3) is 0.357. The Morgan fingerprint density at radius 3 is 2.74 bits per heavy atom. The van der Waals surface area contributed by atoms with E-state index in [-0.39, 0.29) is 17.0 Å². The van der Waals surface area contributed by atoms with Crippen molar-refractivity contribution in [3.05, 3.63) is 27.9 Å². The van der Waals surface area contributed by atoms with E-state index < -0.39 is 35.3 Å². The maximum atomic E-state index is 12.3. The Hall–Kier alpha value is -2.97. The molecule has 1 saturated carbocycles. The molecule has 120 valence electrons. The number of aromatic hydroxyl groups is 1. The number of fused-ring (bicyclic) bond motifs is 1. The van der Waals surface area contributed by atoms with E-state index in [9.17, 15) is 19.5 Å². The van der Waals surface area contributed by atoms with Gasteiger partial charge in [-0.1, -0.05) is 0 Å². The molecule has 0 bridgehead atoms. The molecule has 0 spiro atoms. The Kier molecular flexibility index (Phi) is 3.47. The first-order valence-corrected chi connectivity index (χ1v) is 6.98. The Bertz CT molecular complexity index is 885. The summed E-state index contributed by atoms with van der Waals surface area (Å²) in [6, 6.07) is 0. The van der Waals surface area contributed by atoms with Crippen molar-refractivity contribution in [2.75, 3.05) is 6.54 Å². The number of aryl methyl sites for hydroxylation is 1. The Balaban J connectivity index is 2.13. The number of pyridine rings is 1. The number of carboxylic acid groups (broad SMARTS) is 1. The second kappa shape index (κ2) is 5.34. The molecule has 23 heavy (non-hydrogen) atoms. The molecule has 0 aromatic carbocycles. The highest BCUT2D eigenvalue weighted by atomic mass is 16.4. The van der Waals surface area contributed by atoms with Gasteiger partial charge in [0.15, 0.2) is 0 Å². The van der Waals surface area contributed by atoms with Crippen LogP contribution in [0.5, 0.6) is 5.75 Å². The molecular weight excluding hydrogens is 304 g/mol. The molecule has 9 nitrogen and oxygen atoms in total. The van der Waals surface area contributed by atoms with Gasteiger partial charge in [-0.15, -0.1) is 0 Å². The van der Waals surface area contributed by atoms with Crippen molar-refractivity contribution in [2.45, 2.75) is 18.8 Å². The number of aliphatic carboxylic acids is 1. The summed E-state index contributed by atoms with van der Waals surface area (Å²) in [6.45, 7) is -0.656. The quantitative estimate of drug-likeness (QED) is 0.706. The van der Waals surface area contributed by atoms with Gasteiger partial charge in [0.2, 0.25) is 0 Å². The first-order valence-electron chi connectivity index (χ1n) is 6.98. The van der Waals surface area contributed by atoms with Gasteiger partial charge in [0, 0.05) is 19.2 Å². The second-order valence-corrected chi connectivity index (χ2v) is 5.40. The molecule has 1 aliphatic rings. The van der Waals surface area contributed by atoms with Gasteiger partial charge in [0.1, 0.15) is 29.3 Å². The molecule has 1 fully saturated rings. The average molecular weight is 318 g/mol. The summed E-state index contributed by atoms with van der Waals surface area (Å²) in [5.74, 6) is -1.88. The number of amides is 1. The van der Waals surface area contributed by atoms with Crippen LogP contribution in [0.3, 0.4) is 0 Å². The smallest absolute Gasteiger partial charge is 0.322 e. The van der Waals surface area contributed by atoms with Gasteiger partial charge in [-0.2, -0.15) is 0 Å². The van der Waals surface area contributed by atoms with Gasteiger partial charge >= 0.3 is 5.97 Å². The molecule has 3 N–H and O–H groups in total. The minimum absolute atomic E-state index is 0.164. The highest BCUT2D eigenvalue weighted by Crippen LogP contribution is 2.38. The minimum Gasteiger partial charge on any atom is -0.506 e. The standard InChI is InChI=1S/C14H14N4O5/c1-18-12-7(4-15-11(17-12)6-2-3-6)10(21)9(14(18)23)13(22)16-5-8(19)20/h4,6,21H,2-3,5H2,1H3,(H,16,22)(H,19,20). The lowest BCUT2D eigenvalue weighted by Crippen LogP contribution is -2.35. The summed E-state index contributed by atoms with van der Waals surface area (Å²) >= 11 is 0. The molecule has 0 unspecified atom stereocenters. The first-order chi connectivity index (χ1) is 10.9. The van der Waals surface area contributed by atoms with E-state index in [1.54, 1.807) is 0 Å². The molecule has 2 heterocycles. The van der Waals surface area contributed by atoms with Crippen LogP contribution in [0, 0.1) is 0 Å². The number of aromatic nitrogens is 3. The zero-order chi connectivity index (χ0) is 16.7. The van der Waals surface area contributed by atoms with Crippen molar-refractivity contribution in [1.82, 2.24) is 19.9 Å². The lowest BCUT2D eigenvalue weighted by molar-refractivity contribution is -0.135. The number of nitrogens with zero attached hydrogens (tertiary/aromatic N) is 3. The summed E-state index contributed by atoms with van der Waals surface area (Å²) in [4.78, 5) is 43.3. The molecule has 9 heteroatoms. The van der Waals surface area contributed by atoms with Gasteiger partial charge in [-0.25, -0.2) is 9.97 Å². The van der Waals surface area contributed by atoms with Crippen LogP contribution < -0.4 is 10.9 Å². The van der Waals surface area contributed by atoms with Gasteiger partial charge in [0.05, 0.1) is 5.39 Å². The molecule has 1 aliphatic carbocycles. The third-order valence-electron chi connectivity index (χ3n) is 3.69. The highest BCUT2D eigenvalue weighted by Gasteiger charge is 2.28. The first kappa shape index (κ1) is 14.9. The van der Waals surface area contributed by atoms with Crippen LogP contribution >= 0.6 is 0 Å². The predicted molar refractivity (Wildman–Crippen MR) is 78.4 cm³/mol. The third-order valence-corrected chi connectivity index (χ3v) is 3.69. The van der Waals surface area contributed by atoms with Crippen molar-refractivity contribution in [2.24, 2.45) is 7.05 Å². The number of carboxylic acids is 1. The summed E-state index contributed by atoms with van der Waals surface area (Å²) in [5.41, 5.74) is -1.04. The predicted octanol–water partition coefficient (Wildman–Crippen LogP) is -0.274. The minimum atomic E-state index is -1.26. The van der Waals surface area contributed by atoms with Gasteiger partial charge in [-0.05, 0) is 12.8 Å². The summed E-state index contributed by atoms with van der Waals surface area (Å²) in [5, 5.41) is 21.0.